The van der Waals surface area contributed by atoms with Gasteiger partial charge in [0.05, 0.1) is 23.4 Å². The Bertz CT molecular complexity index is 444. The second-order valence-electron chi connectivity index (χ2n) is 4.97. The highest BCUT2D eigenvalue weighted by atomic mass is 127. The molecule has 2 N–H and O–H groups in total. The summed E-state index contributed by atoms with van der Waals surface area (Å²) in [7, 11) is 0. The second-order valence-corrected chi connectivity index (χ2v) is 5.92. The first kappa shape index (κ1) is 18.6. The number of guanidine groups is 1. The molecule has 0 amide bonds. The number of nitrogens with zero attached hydrogens (tertiary/aromatic N) is 3. The van der Waals surface area contributed by atoms with E-state index in [-0.39, 0.29) is 30.1 Å². The zero-order valence-corrected chi connectivity index (χ0v) is 15.9. The molecule has 0 unspecified atom stereocenters. The van der Waals surface area contributed by atoms with Crippen molar-refractivity contribution in [2.75, 3.05) is 19.6 Å². The first-order valence-corrected chi connectivity index (χ1v) is 8.25. The number of aliphatic hydroxyl groups excluding tert-OH is 1. The van der Waals surface area contributed by atoms with Crippen LogP contribution in [0.2, 0.25) is 0 Å². The molecule has 0 atom stereocenters. The van der Waals surface area contributed by atoms with Gasteiger partial charge in [-0.05, 0) is 26.2 Å². The lowest BCUT2D eigenvalue weighted by Gasteiger charge is -2.32. The van der Waals surface area contributed by atoms with Crippen LogP contribution in [0, 0.1) is 0 Å². The summed E-state index contributed by atoms with van der Waals surface area (Å²) in [6.07, 6.45) is 2.47. The Morgan fingerprint density at radius 2 is 2.19 bits per heavy atom. The fourth-order valence-corrected chi connectivity index (χ4v) is 2.98. The number of hydrogen-bond donors (Lipinski definition) is 2. The Kier molecular flexibility index (Phi) is 8.50. The normalized spacial score (nSPS) is 16.7. The van der Waals surface area contributed by atoms with Gasteiger partial charge < -0.3 is 15.3 Å². The summed E-state index contributed by atoms with van der Waals surface area (Å²) in [5.74, 6) is 0.936. The van der Waals surface area contributed by atoms with Crippen molar-refractivity contribution >= 4 is 41.3 Å². The van der Waals surface area contributed by atoms with Gasteiger partial charge in [-0.2, -0.15) is 0 Å². The molecule has 2 rings (SSSR count). The van der Waals surface area contributed by atoms with Crippen molar-refractivity contribution in [2.24, 2.45) is 4.99 Å². The van der Waals surface area contributed by atoms with Crippen LogP contribution in [0.3, 0.4) is 0 Å². The predicted molar refractivity (Wildman–Crippen MR) is 98.5 cm³/mol. The van der Waals surface area contributed by atoms with E-state index in [0.717, 1.165) is 50.6 Å². The molecule has 0 spiro atoms. The molecule has 0 radical (unpaired) electrons. The summed E-state index contributed by atoms with van der Waals surface area (Å²) >= 11 is 1.70. The van der Waals surface area contributed by atoms with Crippen LogP contribution >= 0.6 is 35.3 Å². The zero-order chi connectivity index (χ0) is 14.4. The number of aryl methyl sites for hydroxylation is 1. The van der Waals surface area contributed by atoms with Gasteiger partial charge in [-0.15, -0.1) is 35.3 Å². The van der Waals surface area contributed by atoms with E-state index in [1.54, 1.807) is 11.3 Å². The Morgan fingerprint density at radius 1 is 1.48 bits per heavy atom. The van der Waals surface area contributed by atoms with Crippen LogP contribution in [0.5, 0.6) is 0 Å². The van der Waals surface area contributed by atoms with E-state index in [2.05, 4.69) is 39.4 Å². The molecule has 1 aromatic heterocycles. The van der Waals surface area contributed by atoms with Crippen LogP contribution in [0.4, 0.5) is 0 Å². The topological polar surface area (TPSA) is 60.8 Å². The van der Waals surface area contributed by atoms with Crippen molar-refractivity contribution < 1.29 is 5.11 Å². The van der Waals surface area contributed by atoms with Gasteiger partial charge in [0.25, 0.3) is 0 Å². The van der Waals surface area contributed by atoms with Crippen LogP contribution < -0.4 is 5.32 Å². The largest absolute Gasteiger partial charge is 0.393 e. The third kappa shape index (κ3) is 5.71. The van der Waals surface area contributed by atoms with Crippen molar-refractivity contribution in [2.45, 2.75) is 45.8 Å². The zero-order valence-electron chi connectivity index (χ0n) is 12.7. The summed E-state index contributed by atoms with van der Waals surface area (Å²) < 4.78 is 0. The molecule has 1 aromatic rings. The Morgan fingerprint density at radius 3 is 2.76 bits per heavy atom. The summed E-state index contributed by atoms with van der Waals surface area (Å²) in [5, 5.41) is 16.2. The predicted octanol–water partition coefficient (Wildman–Crippen LogP) is 2.25. The number of aliphatic imine (C=N–C) groups is 1. The Hall–Kier alpha value is -0.410. The van der Waals surface area contributed by atoms with Crippen molar-refractivity contribution in [1.29, 1.82) is 0 Å². The van der Waals surface area contributed by atoms with Crippen LogP contribution in [0.25, 0.3) is 0 Å². The van der Waals surface area contributed by atoms with E-state index in [1.807, 2.05) is 0 Å². The lowest BCUT2D eigenvalue weighted by Crippen LogP contribution is -2.46. The van der Waals surface area contributed by atoms with E-state index in [4.69, 9.17) is 0 Å². The smallest absolute Gasteiger partial charge is 0.194 e. The van der Waals surface area contributed by atoms with Crippen molar-refractivity contribution in [3.63, 3.8) is 0 Å². The fraction of sp³-hybridized carbons (Fsp3) is 0.714. The second kappa shape index (κ2) is 9.58. The maximum absolute atomic E-state index is 9.58. The van der Waals surface area contributed by atoms with Crippen LogP contribution in [0.15, 0.2) is 10.4 Å². The van der Waals surface area contributed by atoms with Gasteiger partial charge >= 0.3 is 0 Å². The molecule has 0 bridgehead atoms. The number of rotatable bonds is 4. The highest BCUT2D eigenvalue weighted by Gasteiger charge is 2.19. The molecule has 1 saturated heterocycles. The van der Waals surface area contributed by atoms with Crippen molar-refractivity contribution in [3.05, 3.63) is 16.1 Å². The SMILES string of the molecule is CCNC(=NCc1csc(CC)n1)N1CCC(O)CC1.I. The minimum Gasteiger partial charge on any atom is -0.393 e. The maximum atomic E-state index is 9.58. The van der Waals surface area contributed by atoms with Gasteiger partial charge in [0.2, 0.25) is 0 Å². The van der Waals surface area contributed by atoms with Crippen molar-refractivity contribution in [1.82, 2.24) is 15.2 Å². The maximum Gasteiger partial charge on any atom is 0.194 e. The first-order chi connectivity index (χ1) is 9.72. The van der Waals surface area contributed by atoms with E-state index >= 15 is 0 Å². The first-order valence-electron chi connectivity index (χ1n) is 7.37. The summed E-state index contributed by atoms with van der Waals surface area (Å²) in [4.78, 5) is 11.4. The quantitative estimate of drug-likeness (QED) is 0.442. The number of piperidine rings is 1. The van der Waals surface area contributed by atoms with Gasteiger partial charge in [-0.3, -0.25) is 0 Å². The van der Waals surface area contributed by atoms with E-state index in [0.29, 0.717) is 6.54 Å². The molecule has 1 aliphatic heterocycles. The number of halogens is 1. The Balaban J connectivity index is 0.00000220. The molecule has 7 heteroatoms. The van der Waals surface area contributed by atoms with Gasteiger partial charge in [0, 0.05) is 25.0 Å². The molecule has 21 heavy (non-hydrogen) atoms. The standard InChI is InChI=1S/C14H24N4OS.HI/c1-3-13-17-11(10-20-13)9-16-14(15-4-2)18-7-5-12(19)6-8-18;/h10,12,19H,3-9H2,1-2H3,(H,15,16);1H. The monoisotopic (exact) mass is 424 g/mol. The Labute approximate surface area is 147 Å². The van der Waals surface area contributed by atoms with Gasteiger partial charge in [-0.25, -0.2) is 9.98 Å². The molecule has 0 saturated carbocycles. The van der Waals surface area contributed by atoms with Gasteiger partial charge in [-0.1, -0.05) is 6.92 Å². The summed E-state index contributed by atoms with van der Waals surface area (Å²) in [6.45, 7) is 7.41. The lowest BCUT2D eigenvalue weighted by molar-refractivity contribution is 0.108. The number of aliphatic hydroxyl groups is 1. The molecular weight excluding hydrogens is 399 g/mol. The van der Waals surface area contributed by atoms with Gasteiger partial charge in [0.15, 0.2) is 5.96 Å². The van der Waals surface area contributed by atoms with E-state index in [9.17, 15) is 5.11 Å². The van der Waals surface area contributed by atoms with Gasteiger partial charge in [0.1, 0.15) is 0 Å². The highest BCUT2D eigenvalue weighted by Crippen LogP contribution is 2.13. The third-order valence-electron chi connectivity index (χ3n) is 3.39. The number of nitrogens with one attached hydrogen (secondary N) is 1. The number of thiazole rings is 1. The molecule has 1 aliphatic rings. The molecular formula is C14H25IN4OS. The summed E-state index contributed by atoms with van der Waals surface area (Å²) in [6, 6.07) is 0. The van der Waals surface area contributed by atoms with Crippen molar-refractivity contribution in [3.8, 4) is 0 Å². The van der Waals surface area contributed by atoms with Crippen LogP contribution in [-0.2, 0) is 13.0 Å². The molecule has 120 valence electrons. The number of aromatic nitrogens is 1. The number of likely N-dealkylation sites (tertiary alicyclic amines) is 1. The number of hydrogen-bond acceptors (Lipinski definition) is 4. The molecule has 1 fully saturated rings. The molecule has 2 heterocycles. The molecule has 5 nitrogen and oxygen atoms in total. The third-order valence-corrected chi connectivity index (χ3v) is 4.43. The average molecular weight is 424 g/mol. The average Bonchev–Trinajstić information content (AvgIpc) is 2.92. The highest BCUT2D eigenvalue weighted by molar-refractivity contribution is 14.0. The molecule has 0 aliphatic carbocycles. The van der Waals surface area contributed by atoms with E-state index < -0.39 is 0 Å². The van der Waals surface area contributed by atoms with E-state index in [1.165, 1.54) is 5.01 Å². The van der Waals surface area contributed by atoms with Crippen LogP contribution in [0.1, 0.15) is 37.4 Å². The molecule has 0 aromatic carbocycles. The van der Waals surface area contributed by atoms with Crippen LogP contribution in [-0.4, -0.2) is 46.7 Å². The lowest BCUT2D eigenvalue weighted by atomic mass is 10.1. The minimum absolute atomic E-state index is 0. The summed E-state index contributed by atoms with van der Waals surface area (Å²) in [5.41, 5.74) is 1.04. The fourth-order valence-electron chi connectivity index (χ4n) is 2.24. The minimum atomic E-state index is -0.153.